The van der Waals surface area contributed by atoms with Crippen molar-refractivity contribution in [3.8, 4) is 0 Å². The summed E-state index contributed by atoms with van der Waals surface area (Å²) in [7, 11) is 0. The molecule has 164 valence electrons. The van der Waals surface area contributed by atoms with Gasteiger partial charge < -0.3 is 5.11 Å². The first-order chi connectivity index (χ1) is 13.7. The summed E-state index contributed by atoms with van der Waals surface area (Å²) in [6.07, 6.45) is 13.7. The molecule has 0 bridgehead atoms. The molecule has 3 saturated carbocycles. The SMILES string of the molecule is CC(C)CCC[C@@H](C)[C@H]1CC(=O)[C@H]2C3=CCC4CC(O)CC[C@]4(C)[C@H]3CC[C@@]21C. The molecule has 0 aliphatic heterocycles. The molecule has 3 fully saturated rings. The van der Waals surface area contributed by atoms with Gasteiger partial charge in [0.1, 0.15) is 5.78 Å². The van der Waals surface area contributed by atoms with E-state index < -0.39 is 0 Å². The second-order valence-electron chi connectivity index (χ2n) is 12.2. The van der Waals surface area contributed by atoms with E-state index in [2.05, 4.69) is 40.7 Å². The molecule has 4 rings (SSSR count). The van der Waals surface area contributed by atoms with Crippen LogP contribution in [-0.4, -0.2) is 17.0 Å². The summed E-state index contributed by atoms with van der Waals surface area (Å²) in [6.45, 7) is 12.0. The average molecular weight is 401 g/mol. The van der Waals surface area contributed by atoms with Crippen LogP contribution in [0.2, 0.25) is 0 Å². The highest BCUT2D eigenvalue weighted by Gasteiger charge is 2.61. The fourth-order valence-corrected chi connectivity index (χ4v) is 8.24. The predicted octanol–water partition coefficient (Wildman–Crippen LogP) is 6.57. The number of fused-ring (bicyclic) bond motifs is 5. The Morgan fingerprint density at radius 2 is 1.83 bits per heavy atom. The van der Waals surface area contributed by atoms with E-state index in [-0.39, 0.29) is 17.4 Å². The summed E-state index contributed by atoms with van der Waals surface area (Å²) in [5, 5.41) is 10.2. The summed E-state index contributed by atoms with van der Waals surface area (Å²) in [4.78, 5) is 13.4. The first-order valence-corrected chi connectivity index (χ1v) is 12.6. The van der Waals surface area contributed by atoms with Crippen molar-refractivity contribution in [3.63, 3.8) is 0 Å². The third-order valence-electron chi connectivity index (χ3n) is 10.0. The van der Waals surface area contributed by atoms with Crippen LogP contribution < -0.4 is 0 Å². The summed E-state index contributed by atoms with van der Waals surface area (Å²) < 4.78 is 0. The van der Waals surface area contributed by atoms with Gasteiger partial charge in [0, 0.05) is 12.3 Å². The van der Waals surface area contributed by atoms with Crippen LogP contribution >= 0.6 is 0 Å². The van der Waals surface area contributed by atoms with E-state index in [1.54, 1.807) is 0 Å². The molecule has 2 heteroatoms. The zero-order valence-corrected chi connectivity index (χ0v) is 19.5. The number of hydrogen-bond donors (Lipinski definition) is 1. The lowest BCUT2D eigenvalue weighted by Crippen LogP contribution is -2.50. The highest BCUT2D eigenvalue weighted by atomic mass is 16.3. The third kappa shape index (κ3) is 3.56. The molecule has 0 aromatic heterocycles. The first-order valence-electron chi connectivity index (χ1n) is 12.6. The summed E-state index contributed by atoms with van der Waals surface area (Å²) in [5.41, 5.74) is 2.00. The molecule has 4 aliphatic rings. The zero-order valence-electron chi connectivity index (χ0n) is 19.5. The predicted molar refractivity (Wildman–Crippen MR) is 119 cm³/mol. The number of ketones is 1. The highest BCUT2D eigenvalue weighted by Crippen LogP contribution is 2.66. The van der Waals surface area contributed by atoms with Gasteiger partial charge in [-0.2, -0.15) is 0 Å². The molecule has 1 N–H and O–H groups in total. The molecule has 29 heavy (non-hydrogen) atoms. The van der Waals surface area contributed by atoms with Crippen molar-refractivity contribution >= 4 is 5.78 Å². The first kappa shape index (κ1) is 21.6. The number of carbonyl (C=O) groups is 1. The van der Waals surface area contributed by atoms with E-state index in [0.29, 0.717) is 34.9 Å². The molecular formula is C27H44O2. The Balaban J connectivity index is 1.56. The van der Waals surface area contributed by atoms with E-state index in [1.807, 2.05) is 0 Å². The molecule has 2 unspecified atom stereocenters. The number of Topliss-reactive ketones (excluding diaryl/α,β-unsaturated/α-hetero) is 1. The smallest absolute Gasteiger partial charge is 0.140 e. The van der Waals surface area contributed by atoms with Crippen LogP contribution in [0.4, 0.5) is 0 Å². The van der Waals surface area contributed by atoms with E-state index in [0.717, 1.165) is 38.0 Å². The topological polar surface area (TPSA) is 37.3 Å². The van der Waals surface area contributed by atoms with Crippen LogP contribution in [0.1, 0.15) is 98.8 Å². The molecule has 8 atom stereocenters. The van der Waals surface area contributed by atoms with Gasteiger partial charge in [-0.15, -0.1) is 0 Å². The largest absolute Gasteiger partial charge is 0.393 e. The number of aliphatic hydroxyl groups excluding tert-OH is 1. The van der Waals surface area contributed by atoms with Crippen molar-refractivity contribution in [2.75, 3.05) is 0 Å². The van der Waals surface area contributed by atoms with E-state index in [4.69, 9.17) is 0 Å². The Bertz CT molecular complexity index is 663. The van der Waals surface area contributed by atoms with Crippen LogP contribution in [0, 0.1) is 46.3 Å². The lowest BCUT2D eigenvalue weighted by molar-refractivity contribution is -0.123. The van der Waals surface area contributed by atoms with Crippen molar-refractivity contribution in [2.45, 2.75) is 105 Å². The number of carbonyl (C=O) groups excluding carboxylic acids is 1. The van der Waals surface area contributed by atoms with Crippen LogP contribution in [-0.2, 0) is 4.79 Å². The number of allylic oxidation sites excluding steroid dienone is 2. The van der Waals surface area contributed by atoms with Gasteiger partial charge in [0.15, 0.2) is 0 Å². The van der Waals surface area contributed by atoms with Gasteiger partial charge in [-0.05, 0) is 78.9 Å². The Hall–Kier alpha value is -0.630. The van der Waals surface area contributed by atoms with Crippen LogP contribution in [0.3, 0.4) is 0 Å². The fourth-order valence-electron chi connectivity index (χ4n) is 8.24. The Morgan fingerprint density at radius 3 is 2.55 bits per heavy atom. The summed E-state index contributed by atoms with van der Waals surface area (Å²) in [5.74, 6) is 3.90. The van der Waals surface area contributed by atoms with Crippen LogP contribution in [0.25, 0.3) is 0 Å². The minimum atomic E-state index is -0.110. The maximum atomic E-state index is 13.4. The van der Waals surface area contributed by atoms with E-state index in [9.17, 15) is 9.90 Å². The van der Waals surface area contributed by atoms with E-state index in [1.165, 1.54) is 37.7 Å². The normalized spacial score (nSPS) is 45.4. The molecule has 0 heterocycles. The second-order valence-corrected chi connectivity index (χ2v) is 12.2. The molecule has 2 nitrogen and oxygen atoms in total. The highest BCUT2D eigenvalue weighted by molar-refractivity contribution is 5.88. The van der Waals surface area contributed by atoms with Gasteiger partial charge in [0.2, 0.25) is 0 Å². The van der Waals surface area contributed by atoms with Gasteiger partial charge in [0.05, 0.1) is 6.10 Å². The van der Waals surface area contributed by atoms with Gasteiger partial charge in [-0.1, -0.05) is 65.5 Å². The molecule has 0 aromatic rings. The molecule has 0 spiro atoms. The lowest BCUT2D eigenvalue weighted by atomic mass is 9.47. The summed E-state index contributed by atoms with van der Waals surface area (Å²) >= 11 is 0. The van der Waals surface area contributed by atoms with Gasteiger partial charge in [0.25, 0.3) is 0 Å². The lowest BCUT2D eigenvalue weighted by Gasteiger charge is -2.57. The maximum absolute atomic E-state index is 13.4. The fraction of sp³-hybridized carbons (Fsp3) is 0.889. The Labute approximate surface area is 178 Å². The quantitative estimate of drug-likeness (QED) is 0.530. The van der Waals surface area contributed by atoms with Gasteiger partial charge in [-0.3, -0.25) is 4.79 Å². The molecule has 0 aromatic carbocycles. The molecular weight excluding hydrogens is 356 g/mol. The number of rotatable bonds is 5. The van der Waals surface area contributed by atoms with Crippen molar-refractivity contribution in [3.05, 3.63) is 11.6 Å². The van der Waals surface area contributed by atoms with Gasteiger partial charge >= 0.3 is 0 Å². The van der Waals surface area contributed by atoms with Crippen molar-refractivity contribution in [2.24, 2.45) is 46.3 Å². The minimum absolute atomic E-state index is 0.110. The molecule has 0 saturated heterocycles. The van der Waals surface area contributed by atoms with E-state index >= 15 is 0 Å². The monoisotopic (exact) mass is 400 g/mol. The molecule has 0 amide bonds. The average Bonchev–Trinajstić information content (AvgIpc) is 2.93. The van der Waals surface area contributed by atoms with Crippen LogP contribution in [0.5, 0.6) is 0 Å². The van der Waals surface area contributed by atoms with Crippen molar-refractivity contribution in [1.82, 2.24) is 0 Å². The third-order valence-corrected chi connectivity index (χ3v) is 10.0. The second kappa shape index (κ2) is 7.81. The number of aliphatic hydroxyl groups is 1. The number of hydrogen-bond acceptors (Lipinski definition) is 2. The minimum Gasteiger partial charge on any atom is -0.393 e. The van der Waals surface area contributed by atoms with Crippen molar-refractivity contribution < 1.29 is 9.90 Å². The molecule has 0 radical (unpaired) electrons. The van der Waals surface area contributed by atoms with Crippen molar-refractivity contribution in [1.29, 1.82) is 0 Å². The Morgan fingerprint density at radius 1 is 1.10 bits per heavy atom. The Kier molecular flexibility index (Phi) is 5.82. The zero-order chi connectivity index (χ0) is 21.0. The van der Waals surface area contributed by atoms with Crippen LogP contribution in [0.15, 0.2) is 11.6 Å². The van der Waals surface area contributed by atoms with Gasteiger partial charge in [-0.25, -0.2) is 0 Å². The maximum Gasteiger partial charge on any atom is 0.140 e. The summed E-state index contributed by atoms with van der Waals surface area (Å²) in [6, 6.07) is 0. The molecule has 4 aliphatic carbocycles. The standard InChI is InChI=1S/C27H44O2/c1-17(2)7-6-8-18(3)23-16-24(29)25-21-10-9-19-15-20(28)11-13-26(19,4)22(21)12-14-27(23,25)5/h10,17-20,22-23,25,28H,6-9,11-16H2,1-5H3/t18-,19?,20?,22+,23-,25-,26+,27-/m1/s1.